The van der Waals surface area contributed by atoms with Crippen molar-refractivity contribution in [2.75, 3.05) is 20.7 Å². The summed E-state index contributed by atoms with van der Waals surface area (Å²) < 4.78 is 29.7. The molecule has 5 nitrogen and oxygen atoms in total. The monoisotopic (exact) mass is 288 g/mol. The van der Waals surface area contributed by atoms with Gasteiger partial charge in [0, 0.05) is 7.05 Å². The normalized spacial score (nSPS) is 11.3. The van der Waals surface area contributed by atoms with E-state index in [1.54, 1.807) is 18.2 Å². The maximum Gasteiger partial charge on any atom is 0.218 e. The van der Waals surface area contributed by atoms with Crippen LogP contribution in [-0.2, 0) is 15.8 Å². The third kappa shape index (κ3) is 3.60. The first kappa shape index (κ1) is 14.8. The maximum atomic E-state index is 11.9. The van der Waals surface area contributed by atoms with Gasteiger partial charge < -0.3 is 4.74 Å². The smallest absolute Gasteiger partial charge is 0.218 e. The average Bonchev–Trinajstić information content (AvgIpc) is 2.29. The predicted octanol–water partition coefficient (Wildman–Crippen LogP) is 1.63. The lowest BCUT2D eigenvalue weighted by molar-refractivity contribution is 0.415. The lowest BCUT2D eigenvalue weighted by Crippen LogP contribution is -2.28. The van der Waals surface area contributed by atoms with Crippen LogP contribution in [-0.4, -0.2) is 33.4 Å². The average molecular weight is 289 g/mol. The Balaban J connectivity index is 2.92. The number of halogens is 1. The van der Waals surface area contributed by atoms with E-state index in [1.807, 2.05) is 0 Å². The number of nitrogens with zero attached hydrogens (tertiary/aromatic N) is 2. The van der Waals surface area contributed by atoms with Crippen LogP contribution in [0, 0.1) is 11.3 Å². The van der Waals surface area contributed by atoms with Gasteiger partial charge in [0.05, 0.1) is 24.0 Å². The van der Waals surface area contributed by atoms with Gasteiger partial charge >= 0.3 is 0 Å². The molecule has 7 heteroatoms. The molecule has 0 saturated heterocycles. The van der Waals surface area contributed by atoms with Gasteiger partial charge in [-0.3, -0.25) is 0 Å². The highest BCUT2D eigenvalue weighted by Crippen LogP contribution is 2.25. The van der Waals surface area contributed by atoms with E-state index in [0.717, 1.165) is 4.31 Å². The molecule has 0 fully saturated rings. The Morgan fingerprint density at radius 1 is 1.50 bits per heavy atom. The highest BCUT2D eigenvalue weighted by molar-refractivity contribution is 7.88. The summed E-state index contributed by atoms with van der Waals surface area (Å²) in [5.74, 6) is 0.290. The maximum absolute atomic E-state index is 11.9. The molecule has 1 rings (SSSR count). The number of benzene rings is 1. The summed E-state index contributed by atoms with van der Waals surface area (Å²) in [5, 5.41) is 8.84. The van der Waals surface area contributed by atoms with Crippen LogP contribution in [0.5, 0.6) is 5.75 Å². The number of hydrogen-bond donors (Lipinski definition) is 0. The van der Waals surface area contributed by atoms with Gasteiger partial charge in [-0.2, -0.15) is 9.57 Å². The third-order valence-corrected chi connectivity index (χ3v) is 4.41. The van der Waals surface area contributed by atoms with Gasteiger partial charge in [-0.15, -0.1) is 0 Å². The van der Waals surface area contributed by atoms with E-state index in [-0.39, 0.29) is 12.3 Å². The second-order valence-electron chi connectivity index (χ2n) is 3.64. The van der Waals surface area contributed by atoms with Crippen LogP contribution in [0.3, 0.4) is 0 Å². The van der Waals surface area contributed by atoms with Crippen molar-refractivity contribution in [2.24, 2.45) is 0 Å². The van der Waals surface area contributed by atoms with Gasteiger partial charge in [0.1, 0.15) is 12.3 Å². The van der Waals surface area contributed by atoms with Gasteiger partial charge in [-0.05, 0) is 17.7 Å². The van der Waals surface area contributed by atoms with Gasteiger partial charge in [0.2, 0.25) is 10.0 Å². The van der Waals surface area contributed by atoms with Crippen LogP contribution < -0.4 is 4.74 Å². The van der Waals surface area contributed by atoms with Gasteiger partial charge in [-0.25, -0.2) is 8.42 Å². The molecule has 0 heterocycles. The Morgan fingerprint density at radius 2 is 2.17 bits per heavy atom. The van der Waals surface area contributed by atoms with Crippen LogP contribution in [0.4, 0.5) is 0 Å². The molecule has 0 N–H and O–H groups in total. The molecule has 0 aliphatic rings. The van der Waals surface area contributed by atoms with E-state index in [0.29, 0.717) is 16.3 Å². The van der Waals surface area contributed by atoms with Crippen molar-refractivity contribution < 1.29 is 13.2 Å². The van der Waals surface area contributed by atoms with Gasteiger partial charge in [0.15, 0.2) is 0 Å². The summed E-state index contributed by atoms with van der Waals surface area (Å²) in [4.78, 5) is 0. The van der Waals surface area contributed by atoms with Crippen LogP contribution in [0.25, 0.3) is 0 Å². The zero-order valence-electron chi connectivity index (χ0n) is 10.1. The molecule has 0 saturated carbocycles. The number of sulfonamides is 1. The largest absolute Gasteiger partial charge is 0.495 e. The Morgan fingerprint density at radius 3 is 2.67 bits per heavy atom. The molecule has 0 amide bonds. The van der Waals surface area contributed by atoms with Crippen LogP contribution in [0.1, 0.15) is 5.56 Å². The topological polar surface area (TPSA) is 70.4 Å². The van der Waals surface area contributed by atoms with Crippen LogP contribution >= 0.6 is 11.6 Å². The lowest BCUT2D eigenvalue weighted by atomic mass is 10.2. The quantitative estimate of drug-likeness (QED) is 0.772. The predicted molar refractivity (Wildman–Crippen MR) is 68.9 cm³/mol. The first-order chi connectivity index (χ1) is 8.40. The molecule has 0 aromatic heterocycles. The molecule has 0 radical (unpaired) electrons. The number of nitriles is 1. The standard InChI is InChI=1S/C11H13ClN2O3S/c1-14(6-5-13)18(15,16)8-9-3-4-11(17-2)10(12)7-9/h3-4,7H,6,8H2,1-2H3. The van der Waals surface area contributed by atoms with Crippen molar-refractivity contribution in [3.05, 3.63) is 28.8 Å². The molecule has 0 bridgehead atoms. The summed E-state index contributed by atoms with van der Waals surface area (Å²) in [6.07, 6.45) is 0. The zero-order valence-corrected chi connectivity index (χ0v) is 11.6. The second-order valence-corrected chi connectivity index (χ2v) is 6.12. The summed E-state index contributed by atoms with van der Waals surface area (Å²) in [6.45, 7) is -0.174. The molecule has 18 heavy (non-hydrogen) atoms. The first-order valence-electron chi connectivity index (χ1n) is 5.04. The minimum absolute atomic E-state index is 0.174. The SMILES string of the molecule is COc1ccc(CS(=O)(=O)N(C)CC#N)cc1Cl. The van der Waals surface area contributed by atoms with Crippen molar-refractivity contribution in [3.8, 4) is 11.8 Å². The number of methoxy groups -OCH3 is 1. The summed E-state index contributed by atoms with van der Waals surface area (Å²) in [5.41, 5.74) is 0.547. The van der Waals surface area contributed by atoms with E-state index >= 15 is 0 Å². The third-order valence-electron chi connectivity index (χ3n) is 2.33. The Labute approximate surface area is 112 Å². The summed E-state index contributed by atoms with van der Waals surface area (Å²) >= 11 is 5.91. The van der Waals surface area contributed by atoms with Crippen molar-refractivity contribution in [2.45, 2.75) is 5.75 Å². The van der Waals surface area contributed by atoms with Crippen molar-refractivity contribution >= 4 is 21.6 Å². The Hall–Kier alpha value is -1.29. The molecular formula is C11H13ClN2O3S. The Bertz CT molecular complexity index is 566. The Kier molecular flexibility index (Phi) is 4.96. The lowest BCUT2D eigenvalue weighted by Gasteiger charge is -2.14. The molecular weight excluding hydrogens is 276 g/mol. The van der Waals surface area contributed by atoms with Crippen molar-refractivity contribution in [1.29, 1.82) is 5.26 Å². The van der Waals surface area contributed by atoms with E-state index in [4.69, 9.17) is 21.6 Å². The number of rotatable bonds is 5. The van der Waals surface area contributed by atoms with Crippen molar-refractivity contribution in [3.63, 3.8) is 0 Å². The molecule has 1 aromatic carbocycles. The van der Waals surface area contributed by atoms with E-state index in [9.17, 15) is 8.42 Å². The second kappa shape index (κ2) is 6.05. The molecule has 0 atom stereocenters. The minimum Gasteiger partial charge on any atom is -0.495 e. The van der Waals surface area contributed by atoms with Crippen LogP contribution in [0.2, 0.25) is 5.02 Å². The fraction of sp³-hybridized carbons (Fsp3) is 0.364. The number of hydrogen-bond acceptors (Lipinski definition) is 4. The number of ether oxygens (including phenoxy) is 1. The van der Waals surface area contributed by atoms with Crippen molar-refractivity contribution in [1.82, 2.24) is 4.31 Å². The van der Waals surface area contributed by atoms with Crippen LogP contribution in [0.15, 0.2) is 18.2 Å². The molecule has 98 valence electrons. The molecule has 0 aliphatic heterocycles. The molecule has 0 aliphatic carbocycles. The van der Waals surface area contributed by atoms with E-state index < -0.39 is 10.0 Å². The van der Waals surface area contributed by atoms with E-state index in [1.165, 1.54) is 20.2 Å². The highest BCUT2D eigenvalue weighted by atomic mass is 35.5. The van der Waals surface area contributed by atoms with Gasteiger partial charge in [0.25, 0.3) is 0 Å². The molecule has 0 unspecified atom stereocenters. The van der Waals surface area contributed by atoms with Gasteiger partial charge in [-0.1, -0.05) is 17.7 Å². The molecule has 0 spiro atoms. The molecule has 1 aromatic rings. The zero-order chi connectivity index (χ0) is 13.8. The van der Waals surface area contributed by atoms with E-state index in [2.05, 4.69) is 0 Å². The first-order valence-corrected chi connectivity index (χ1v) is 7.03. The highest BCUT2D eigenvalue weighted by Gasteiger charge is 2.18. The summed E-state index contributed by atoms with van der Waals surface area (Å²) in [6, 6.07) is 6.57. The fourth-order valence-corrected chi connectivity index (χ4v) is 2.67. The minimum atomic E-state index is -3.50. The fourth-order valence-electron chi connectivity index (χ4n) is 1.32. The summed E-state index contributed by atoms with van der Waals surface area (Å²) in [7, 11) is -0.651.